The van der Waals surface area contributed by atoms with E-state index < -0.39 is 11.8 Å². The fraction of sp³-hybridized carbons (Fsp3) is 0.280. The molecular weight excluding hydrogens is 459 g/mol. The molecule has 0 bridgehead atoms. The van der Waals surface area contributed by atoms with Crippen molar-refractivity contribution in [2.24, 2.45) is 0 Å². The summed E-state index contributed by atoms with van der Waals surface area (Å²) in [5.41, 5.74) is 1.31. The SMILES string of the molecule is O=C(NCc1ccccc1Cl)C(=O)NCC(c1ccco1)N1CCN(c2ccccc2F)CC1. The standard InChI is InChI=1S/C25H26ClFN4O3/c26-19-7-2-1-6-18(19)16-28-24(32)25(33)29-17-22(23-10-5-15-34-23)31-13-11-30(12-14-31)21-9-4-3-8-20(21)27/h1-10,15,22H,11-14,16-17H2,(H,28,32)(H,29,33). The van der Waals surface area contributed by atoms with Crippen LogP contribution in [0, 0.1) is 5.82 Å². The molecule has 1 aliphatic heterocycles. The van der Waals surface area contributed by atoms with Crippen LogP contribution in [0.25, 0.3) is 0 Å². The highest BCUT2D eigenvalue weighted by molar-refractivity contribution is 6.35. The summed E-state index contributed by atoms with van der Waals surface area (Å²) in [5.74, 6) is -1.01. The summed E-state index contributed by atoms with van der Waals surface area (Å²) in [4.78, 5) is 28.9. The van der Waals surface area contributed by atoms with Crippen molar-refractivity contribution in [3.8, 4) is 0 Å². The lowest BCUT2D eigenvalue weighted by molar-refractivity contribution is -0.139. The number of para-hydroxylation sites is 1. The van der Waals surface area contributed by atoms with Crippen molar-refractivity contribution in [3.05, 3.63) is 89.1 Å². The quantitative estimate of drug-likeness (QED) is 0.503. The first-order valence-corrected chi connectivity index (χ1v) is 11.5. The maximum atomic E-state index is 14.2. The van der Waals surface area contributed by atoms with Crippen molar-refractivity contribution >= 4 is 29.1 Å². The van der Waals surface area contributed by atoms with Crippen LogP contribution in [0.2, 0.25) is 5.02 Å². The molecule has 178 valence electrons. The molecule has 1 aliphatic rings. The van der Waals surface area contributed by atoms with E-state index >= 15 is 0 Å². The van der Waals surface area contributed by atoms with E-state index in [4.69, 9.17) is 16.0 Å². The van der Waals surface area contributed by atoms with Gasteiger partial charge in [-0.3, -0.25) is 14.5 Å². The third-order valence-corrected chi connectivity index (χ3v) is 6.25. The maximum absolute atomic E-state index is 14.2. The number of amides is 2. The highest BCUT2D eigenvalue weighted by Crippen LogP contribution is 2.25. The van der Waals surface area contributed by atoms with E-state index in [0.29, 0.717) is 42.6 Å². The Morgan fingerprint density at radius 3 is 2.35 bits per heavy atom. The molecule has 1 fully saturated rings. The Bertz CT molecular complexity index is 1120. The molecule has 7 nitrogen and oxygen atoms in total. The Hall–Kier alpha value is -3.36. The van der Waals surface area contributed by atoms with E-state index in [1.54, 1.807) is 42.7 Å². The summed E-state index contributed by atoms with van der Waals surface area (Å²) in [5, 5.41) is 5.83. The van der Waals surface area contributed by atoms with Crippen LogP contribution < -0.4 is 15.5 Å². The van der Waals surface area contributed by atoms with Crippen LogP contribution in [0.4, 0.5) is 10.1 Å². The number of nitrogens with zero attached hydrogens (tertiary/aromatic N) is 2. The molecule has 9 heteroatoms. The second kappa shape index (κ2) is 11.2. The zero-order chi connectivity index (χ0) is 23.9. The highest BCUT2D eigenvalue weighted by Gasteiger charge is 2.28. The van der Waals surface area contributed by atoms with Crippen molar-refractivity contribution < 1.29 is 18.4 Å². The fourth-order valence-corrected chi connectivity index (χ4v) is 4.24. The molecule has 0 spiro atoms. The summed E-state index contributed by atoms with van der Waals surface area (Å²) in [6.45, 7) is 2.91. The van der Waals surface area contributed by atoms with Gasteiger partial charge in [-0.1, -0.05) is 41.9 Å². The Morgan fingerprint density at radius 1 is 0.941 bits per heavy atom. The third-order valence-electron chi connectivity index (χ3n) is 5.88. The van der Waals surface area contributed by atoms with Gasteiger partial charge in [0.15, 0.2) is 0 Å². The molecule has 1 unspecified atom stereocenters. The van der Waals surface area contributed by atoms with Gasteiger partial charge in [-0.2, -0.15) is 0 Å². The summed E-state index contributed by atoms with van der Waals surface area (Å²) in [7, 11) is 0. The molecule has 1 atom stereocenters. The minimum atomic E-state index is -0.734. The third kappa shape index (κ3) is 5.76. The molecule has 34 heavy (non-hydrogen) atoms. The first-order valence-electron chi connectivity index (χ1n) is 11.1. The molecule has 2 N–H and O–H groups in total. The Labute approximate surface area is 202 Å². The summed E-state index contributed by atoms with van der Waals surface area (Å²) < 4.78 is 19.8. The molecule has 2 heterocycles. The molecular formula is C25H26ClFN4O3. The molecule has 0 radical (unpaired) electrons. The number of carbonyl (C=O) groups excluding carboxylic acids is 2. The lowest BCUT2D eigenvalue weighted by Crippen LogP contribution is -2.51. The van der Waals surface area contributed by atoms with Gasteiger partial charge in [0.25, 0.3) is 0 Å². The number of hydrogen-bond acceptors (Lipinski definition) is 5. The highest BCUT2D eigenvalue weighted by atomic mass is 35.5. The van der Waals surface area contributed by atoms with Gasteiger partial charge in [0.1, 0.15) is 11.6 Å². The number of anilines is 1. The van der Waals surface area contributed by atoms with Crippen molar-refractivity contribution in [1.82, 2.24) is 15.5 Å². The second-order valence-corrected chi connectivity index (χ2v) is 8.40. The number of rotatable bonds is 7. The average molecular weight is 485 g/mol. The normalized spacial score (nSPS) is 15.1. The van der Waals surface area contributed by atoms with Crippen LogP contribution in [0.3, 0.4) is 0 Å². The predicted molar refractivity (Wildman–Crippen MR) is 128 cm³/mol. The minimum Gasteiger partial charge on any atom is -0.468 e. The van der Waals surface area contributed by atoms with Crippen LogP contribution >= 0.6 is 11.6 Å². The molecule has 1 aromatic heterocycles. The van der Waals surface area contributed by atoms with E-state index in [9.17, 15) is 14.0 Å². The summed E-state index contributed by atoms with van der Waals surface area (Å²) in [6.07, 6.45) is 1.58. The van der Waals surface area contributed by atoms with Crippen molar-refractivity contribution in [2.45, 2.75) is 12.6 Å². The summed E-state index contributed by atoms with van der Waals surface area (Å²) >= 11 is 6.10. The fourth-order valence-electron chi connectivity index (χ4n) is 4.04. The minimum absolute atomic E-state index is 0.158. The topological polar surface area (TPSA) is 77.8 Å². The lowest BCUT2D eigenvalue weighted by atomic mass is 10.1. The first-order chi connectivity index (χ1) is 16.5. The number of halogens is 2. The number of nitrogens with one attached hydrogen (secondary N) is 2. The van der Waals surface area contributed by atoms with Crippen LogP contribution in [0.5, 0.6) is 0 Å². The van der Waals surface area contributed by atoms with Gasteiger partial charge in [0, 0.05) is 44.3 Å². The van der Waals surface area contributed by atoms with Gasteiger partial charge in [-0.15, -0.1) is 0 Å². The lowest BCUT2D eigenvalue weighted by Gasteiger charge is -2.39. The van der Waals surface area contributed by atoms with Gasteiger partial charge in [-0.25, -0.2) is 4.39 Å². The van der Waals surface area contributed by atoms with E-state index in [0.717, 1.165) is 5.56 Å². The number of hydrogen-bond donors (Lipinski definition) is 2. The number of piperazine rings is 1. The molecule has 2 aromatic carbocycles. The largest absolute Gasteiger partial charge is 0.468 e. The maximum Gasteiger partial charge on any atom is 0.309 e. The van der Waals surface area contributed by atoms with E-state index in [1.165, 1.54) is 6.07 Å². The van der Waals surface area contributed by atoms with Crippen LogP contribution in [-0.4, -0.2) is 49.4 Å². The number of benzene rings is 2. The number of carbonyl (C=O) groups is 2. The van der Waals surface area contributed by atoms with Crippen LogP contribution in [0.15, 0.2) is 71.3 Å². The van der Waals surface area contributed by atoms with E-state index in [-0.39, 0.29) is 24.9 Å². The molecule has 1 saturated heterocycles. The van der Waals surface area contributed by atoms with E-state index in [2.05, 4.69) is 15.5 Å². The molecule has 0 aliphatic carbocycles. The van der Waals surface area contributed by atoms with Gasteiger partial charge < -0.3 is 20.0 Å². The zero-order valence-corrected chi connectivity index (χ0v) is 19.3. The van der Waals surface area contributed by atoms with Gasteiger partial charge in [0.2, 0.25) is 0 Å². The van der Waals surface area contributed by atoms with Gasteiger partial charge >= 0.3 is 11.8 Å². The predicted octanol–water partition coefficient (Wildman–Crippen LogP) is 3.37. The van der Waals surface area contributed by atoms with Crippen LogP contribution in [0.1, 0.15) is 17.4 Å². The smallest absolute Gasteiger partial charge is 0.309 e. The van der Waals surface area contributed by atoms with Gasteiger partial charge in [0.05, 0.1) is 18.0 Å². The van der Waals surface area contributed by atoms with E-state index in [1.807, 2.05) is 23.1 Å². The Kier molecular flexibility index (Phi) is 7.82. The van der Waals surface area contributed by atoms with Crippen molar-refractivity contribution in [2.75, 3.05) is 37.6 Å². The molecule has 2 amide bonds. The van der Waals surface area contributed by atoms with Crippen molar-refractivity contribution in [1.29, 1.82) is 0 Å². The van der Waals surface area contributed by atoms with Crippen molar-refractivity contribution in [3.63, 3.8) is 0 Å². The second-order valence-electron chi connectivity index (χ2n) is 7.99. The molecule has 0 saturated carbocycles. The van der Waals surface area contributed by atoms with Crippen LogP contribution in [-0.2, 0) is 16.1 Å². The average Bonchev–Trinajstić information content (AvgIpc) is 3.39. The first kappa shape index (κ1) is 23.8. The van der Waals surface area contributed by atoms with Gasteiger partial charge in [-0.05, 0) is 35.9 Å². The molecule has 4 rings (SSSR count). The monoisotopic (exact) mass is 484 g/mol. The Morgan fingerprint density at radius 2 is 1.65 bits per heavy atom. The molecule has 3 aromatic rings. The number of furan rings is 1. The summed E-state index contributed by atoms with van der Waals surface area (Å²) in [6, 6.07) is 17.2. The zero-order valence-electron chi connectivity index (χ0n) is 18.5. The Balaban J connectivity index is 1.33.